The first-order chi connectivity index (χ1) is 22.6. The van der Waals surface area contributed by atoms with Gasteiger partial charge in [-0.15, -0.1) is 0 Å². The summed E-state index contributed by atoms with van der Waals surface area (Å²) in [7, 11) is 2.00. The number of aliphatic hydroxyl groups is 3. The Morgan fingerprint density at radius 1 is 1.08 bits per heavy atom. The van der Waals surface area contributed by atoms with Crippen molar-refractivity contribution in [1.82, 2.24) is 9.80 Å². The summed E-state index contributed by atoms with van der Waals surface area (Å²) in [5, 5.41) is 31.4. The second-order valence-corrected chi connectivity index (χ2v) is 14.1. The lowest BCUT2D eigenvalue weighted by molar-refractivity contribution is -0.113. The highest BCUT2D eigenvalue weighted by Gasteiger charge is 2.47. The van der Waals surface area contributed by atoms with Crippen molar-refractivity contribution in [3.63, 3.8) is 0 Å². The lowest BCUT2D eigenvalue weighted by Crippen LogP contribution is -2.51. The molecule has 0 aromatic rings. The van der Waals surface area contributed by atoms with Gasteiger partial charge in [-0.25, -0.2) is 4.79 Å². The summed E-state index contributed by atoms with van der Waals surface area (Å²) in [4.78, 5) is 40.4. The molecule has 0 aromatic heterocycles. The number of ether oxygens (including phenoxy) is 3. The Bertz CT molecular complexity index is 1100. The molecule has 0 unspecified atom stereocenters. The minimum absolute atomic E-state index is 0.000161. The van der Waals surface area contributed by atoms with E-state index in [1.54, 1.807) is 30.1 Å². The molecule has 11 nitrogen and oxygen atoms in total. The van der Waals surface area contributed by atoms with E-state index in [1.165, 1.54) is 0 Å². The molecule has 2 aliphatic heterocycles. The fraction of sp³-hybridized carbons (Fsp3) is 0.757. The zero-order valence-electron chi connectivity index (χ0n) is 30.4. The zero-order chi connectivity index (χ0) is 36.1. The topological polar surface area (TPSA) is 149 Å². The number of allylic oxidation sites excluding steroid dienone is 4. The van der Waals surface area contributed by atoms with Gasteiger partial charge in [0.2, 0.25) is 0 Å². The molecule has 10 atom stereocenters. The van der Waals surface area contributed by atoms with Crippen LogP contribution in [0.2, 0.25) is 0 Å². The zero-order valence-corrected chi connectivity index (χ0v) is 30.4. The second kappa shape index (κ2) is 19.7. The van der Waals surface area contributed by atoms with Gasteiger partial charge in [0.25, 0.3) is 0 Å². The number of epoxide rings is 1. The second-order valence-electron chi connectivity index (χ2n) is 14.1. The van der Waals surface area contributed by atoms with E-state index in [4.69, 9.17) is 14.2 Å². The van der Waals surface area contributed by atoms with Crippen LogP contribution >= 0.6 is 0 Å². The summed E-state index contributed by atoms with van der Waals surface area (Å²) in [6, 6.07) is 0. The van der Waals surface area contributed by atoms with Crippen molar-refractivity contribution in [2.75, 3.05) is 39.8 Å². The third kappa shape index (κ3) is 13.1. The highest BCUT2D eigenvalue weighted by Crippen LogP contribution is 2.37. The monoisotopic (exact) mass is 678 g/mol. The smallest absolute Gasteiger partial charge is 0.410 e. The van der Waals surface area contributed by atoms with Crippen molar-refractivity contribution < 1.29 is 43.9 Å². The summed E-state index contributed by atoms with van der Waals surface area (Å²) in [5.41, 5.74) is -1.33. The van der Waals surface area contributed by atoms with Crippen molar-refractivity contribution in [3.8, 4) is 0 Å². The Balaban J connectivity index is 2.19. The number of rotatable bonds is 21. The van der Waals surface area contributed by atoms with E-state index in [9.17, 15) is 29.7 Å². The molecule has 2 fully saturated rings. The van der Waals surface area contributed by atoms with Crippen molar-refractivity contribution in [2.45, 2.75) is 122 Å². The molecule has 0 bridgehead atoms. The number of carbonyl (C=O) groups is 3. The Hall–Kier alpha value is -2.41. The molecule has 3 N–H and O–H groups in total. The number of hydrogen-bond acceptors (Lipinski definition) is 10. The van der Waals surface area contributed by atoms with E-state index in [-0.39, 0.29) is 36.9 Å². The normalized spacial score (nSPS) is 25.5. The molecule has 0 aromatic carbocycles. The van der Waals surface area contributed by atoms with Crippen LogP contribution in [-0.2, 0) is 23.8 Å². The van der Waals surface area contributed by atoms with Gasteiger partial charge in [0, 0.05) is 57.5 Å². The SMILES string of the molecule is CCO[C@](C)(CC[C@@H](O)CC=O)[C@H](/C=C/[C@H](C)[C@H](C=O)/C(C)=C/C=C/[C@](C)(O)C[C@H]1O[C@@H]1[C@@H](C)[C@@H](O)CC)OC(=O)N1CCN(C)CC1. The molecule has 11 heteroatoms. The summed E-state index contributed by atoms with van der Waals surface area (Å²) in [6.07, 6.45) is 9.39. The standard InChI is InChI=1S/C37H62N2O9/c1-9-31(43)28(5)34-32(47-34)24-36(6,45)17-11-12-26(3)30(25-41)27(4)13-14-33(48-35(44)39-21-19-38(8)20-22-39)37(7,46-10-2)18-15-29(42)16-23-40/h11-14,17,23,25,27-34,42-43,45H,9-10,15-16,18-22,24H2,1-8H3/b14-13+,17-11+,26-12+/t27-,28-,29+,30+,31-,32+,33-,34+,36-,37+/m0/s1. The van der Waals surface area contributed by atoms with Crippen LogP contribution in [0.5, 0.6) is 0 Å². The number of carbonyl (C=O) groups excluding carboxylic acids is 3. The van der Waals surface area contributed by atoms with Crippen molar-refractivity contribution in [1.29, 1.82) is 0 Å². The molecule has 274 valence electrons. The van der Waals surface area contributed by atoms with E-state index in [0.29, 0.717) is 45.2 Å². The van der Waals surface area contributed by atoms with Crippen LogP contribution in [0.25, 0.3) is 0 Å². The van der Waals surface area contributed by atoms with E-state index >= 15 is 0 Å². The van der Waals surface area contributed by atoms with Crippen LogP contribution in [0, 0.1) is 17.8 Å². The molecular formula is C37H62N2O9. The Morgan fingerprint density at radius 3 is 2.33 bits per heavy atom. The number of amides is 1. The molecule has 2 aliphatic rings. The molecule has 0 spiro atoms. The first-order valence-electron chi connectivity index (χ1n) is 17.6. The largest absolute Gasteiger partial charge is 0.439 e. The number of nitrogens with zero attached hydrogens (tertiary/aromatic N) is 2. The third-order valence-corrected chi connectivity index (χ3v) is 9.83. The van der Waals surface area contributed by atoms with Crippen molar-refractivity contribution in [2.24, 2.45) is 17.8 Å². The van der Waals surface area contributed by atoms with Crippen LogP contribution < -0.4 is 0 Å². The molecule has 1 amide bonds. The van der Waals surface area contributed by atoms with Gasteiger partial charge >= 0.3 is 6.09 Å². The van der Waals surface area contributed by atoms with E-state index in [1.807, 2.05) is 60.7 Å². The lowest BCUT2D eigenvalue weighted by Gasteiger charge is -2.38. The fourth-order valence-corrected chi connectivity index (χ4v) is 6.26. The van der Waals surface area contributed by atoms with Gasteiger partial charge in [-0.3, -0.25) is 0 Å². The summed E-state index contributed by atoms with van der Waals surface area (Å²) < 4.78 is 18.0. The van der Waals surface area contributed by atoms with Gasteiger partial charge in [-0.1, -0.05) is 50.6 Å². The van der Waals surface area contributed by atoms with Gasteiger partial charge in [0.15, 0.2) is 6.10 Å². The molecule has 2 rings (SSSR count). The van der Waals surface area contributed by atoms with E-state index in [0.717, 1.165) is 24.9 Å². The maximum Gasteiger partial charge on any atom is 0.410 e. The molecule has 0 radical (unpaired) electrons. The van der Waals surface area contributed by atoms with Crippen LogP contribution in [0.4, 0.5) is 4.79 Å². The predicted molar refractivity (Wildman–Crippen MR) is 185 cm³/mol. The average molecular weight is 679 g/mol. The predicted octanol–water partition coefficient (Wildman–Crippen LogP) is 4.09. The number of hydrogen-bond donors (Lipinski definition) is 3. The van der Waals surface area contributed by atoms with Crippen LogP contribution in [0.1, 0.15) is 80.6 Å². The van der Waals surface area contributed by atoms with Crippen molar-refractivity contribution >= 4 is 18.7 Å². The third-order valence-electron chi connectivity index (χ3n) is 9.83. The van der Waals surface area contributed by atoms with E-state index < -0.39 is 41.5 Å². The highest BCUT2D eigenvalue weighted by molar-refractivity contribution is 5.68. The Labute approximate surface area is 288 Å². The highest BCUT2D eigenvalue weighted by atomic mass is 16.6. The van der Waals surface area contributed by atoms with Crippen LogP contribution in [-0.4, -0.2) is 125 Å². The average Bonchev–Trinajstić information content (AvgIpc) is 3.79. The van der Waals surface area contributed by atoms with E-state index in [2.05, 4.69) is 4.90 Å². The molecule has 48 heavy (non-hydrogen) atoms. The van der Waals surface area contributed by atoms with Crippen molar-refractivity contribution in [3.05, 3.63) is 36.0 Å². The number of aldehydes is 2. The lowest BCUT2D eigenvalue weighted by atomic mass is 9.86. The summed E-state index contributed by atoms with van der Waals surface area (Å²) >= 11 is 0. The number of piperazine rings is 1. The Morgan fingerprint density at radius 2 is 1.75 bits per heavy atom. The molecule has 0 saturated carbocycles. The van der Waals surface area contributed by atoms with Gasteiger partial charge in [-0.05, 0) is 66.0 Å². The van der Waals surface area contributed by atoms with Gasteiger partial charge in [-0.2, -0.15) is 0 Å². The molecule has 0 aliphatic carbocycles. The number of likely N-dealkylation sites (N-methyl/N-ethyl adjacent to an activating group) is 1. The van der Waals surface area contributed by atoms with Gasteiger partial charge in [0.1, 0.15) is 18.2 Å². The van der Waals surface area contributed by atoms with Gasteiger partial charge in [0.05, 0.1) is 30.0 Å². The Kier molecular flexibility index (Phi) is 17.1. The maximum atomic E-state index is 13.3. The summed E-state index contributed by atoms with van der Waals surface area (Å²) in [5.74, 6) is -0.749. The minimum Gasteiger partial charge on any atom is -0.439 e. The summed E-state index contributed by atoms with van der Waals surface area (Å²) in [6.45, 7) is 16.0. The van der Waals surface area contributed by atoms with Gasteiger partial charge < -0.3 is 48.9 Å². The minimum atomic E-state index is -1.13. The quantitative estimate of drug-likeness (QED) is 0.0702. The maximum absolute atomic E-state index is 13.3. The molecule has 2 saturated heterocycles. The first-order valence-corrected chi connectivity index (χ1v) is 17.6. The molecule has 2 heterocycles. The van der Waals surface area contributed by atoms with Crippen LogP contribution in [0.15, 0.2) is 36.0 Å². The fourth-order valence-electron chi connectivity index (χ4n) is 6.26. The number of aliphatic hydroxyl groups excluding tert-OH is 2. The molecular weight excluding hydrogens is 616 g/mol. The van der Waals surface area contributed by atoms with Crippen LogP contribution in [0.3, 0.4) is 0 Å². The first kappa shape index (κ1) is 41.8.